The number of amides is 3. The highest BCUT2D eigenvalue weighted by Gasteiger charge is 2.33. The molecule has 0 aliphatic carbocycles. The summed E-state index contributed by atoms with van der Waals surface area (Å²) in [4.78, 5) is 26.5. The highest BCUT2D eigenvalue weighted by Crippen LogP contribution is 2.25. The number of benzene rings is 3. The number of fused-ring (bicyclic) bond motifs is 1. The summed E-state index contributed by atoms with van der Waals surface area (Å²) in [5.41, 5.74) is 2.67. The number of hydrogen-bond donors (Lipinski definition) is 1. The summed E-state index contributed by atoms with van der Waals surface area (Å²) in [5.74, 6) is -0.396. The molecule has 1 aliphatic rings. The van der Waals surface area contributed by atoms with E-state index in [0.29, 0.717) is 15.6 Å². The molecule has 0 bridgehead atoms. The number of hydrogen-bond acceptors (Lipinski definition) is 2. The lowest BCUT2D eigenvalue weighted by atomic mass is 10.1. The summed E-state index contributed by atoms with van der Waals surface area (Å²) in [6.45, 7) is 0.102. The maximum Gasteiger partial charge on any atom is 0.329 e. The van der Waals surface area contributed by atoms with E-state index in [9.17, 15) is 9.59 Å². The van der Waals surface area contributed by atoms with Crippen molar-refractivity contribution in [3.63, 3.8) is 0 Å². The van der Waals surface area contributed by atoms with Crippen molar-refractivity contribution in [1.82, 2.24) is 14.8 Å². The Balaban J connectivity index is 1.43. The Morgan fingerprint density at radius 1 is 0.844 bits per heavy atom. The van der Waals surface area contributed by atoms with Gasteiger partial charge >= 0.3 is 6.03 Å². The maximum absolute atomic E-state index is 12.9. The molecule has 0 atom stereocenters. The van der Waals surface area contributed by atoms with Crippen LogP contribution in [0.3, 0.4) is 0 Å². The minimum absolute atomic E-state index is 0.102. The van der Waals surface area contributed by atoms with Gasteiger partial charge in [0.05, 0.1) is 16.6 Å². The van der Waals surface area contributed by atoms with E-state index in [0.717, 1.165) is 27.1 Å². The Labute approximate surface area is 194 Å². The summed E-state index contributed by atoms with van der Waals surface area (Å²) in [6.07, 6.45) is 3.61. The van der Waals surface area contributed by atoms with Gasteiger partial charge in [-0.05, 0) is 58.8 Å². The average molecular weight is 462 g/mol. The van der Waals surface area contributed by atoms with Crippen molar-refractivity contribution >= 4 is 52.0 Å². The van der Waals surface area contributed by atoms with Gasteiger partial charge in [-0.2, -0.15) is 0 Å². The molecule has 0 spiro atoms. The standard InChI is InChI=1S/C25H17Cl2N3O2/c26-21-10-7-16(12-22(21)27)15-30-24(31)23(28-25(30)32)14-19-6-3-11-29(19)20-9-8-17-4-1-2-5-18(17)13-20/h1-14H,15H2,(H,28,32)/b23-14-. The van der Waals surface area contributed by atoms with E-state index in [1.165, 1.54) is 0 Å². The number of nitrogens with zero attached hydrogens (tertiary/aromatic N) is 2. The first kappa shape index (κ1) is 20.4. The van der Waals surface area contributed by atoms with Crippen LogP contribution < -0.4 is 5.32 Å². The topological polar surface area (TPSA) is 54.3 Å². The van der Waals surface area contributed by atoms with Crippen LogP contribution in [0.4, 0.5) is 4.79 Å². The summed E-state index contributed by atoms with van der Waals surface area (Å²) >= 11 is 12.0. The Morgan fingerprint density at radius 2 is 1.66 bits per heavy atom. The number of rotatable bonds is 4. The molecular formula is C25H17Cl2N3O2. The zero-order chi connectivity index (χ0) is 22.2. The molecule has 32 heavy (non-hydrogen) atoms. The Bertz CT molecular complexity index is 1410. The van der Waals surface area contributed by atoms with E-state index < -0.39 is 11.9 Å². The largest absolute Gasteiger partial charge is 0.329 e. The van der Waals surface area contributed by atoms with Crippen LogP contribution in [-0.2, 0) is 11.3 Å². The second-order valence-electron chi connectivity index (χ2n) is 7.46. The van der Waals surface area contributed by atoms with E-state index in [2.05, 4.69) is 29.6 Å². The van der Waals surface area contributed by atoms with Crippen molar-refractivity contribution in [3.05, 3.63) is 106 Å². The van der Waals surface area contributed by atoms with Crippen molar-refractivity contribution in [2.75, 3.05) is 0 Å². The van der Waals surface area contributed by atoms with Crippen LogP contribution in [0.1, 0.15) is 11.3 Å². The molecule has 7 heteroatoms. The molecule has 1 saturated heterocycles. The molecule has 158 valence electrons. The number of aromatic nitrogens is 1. The minimum Gasteiger partial charge on any atom is -0.317 e. The second kappa shape index (κ2) is 8.19. The van der Waals surface area contributed by atoms with Gasteiger partial charge in [0.2, 0.25) is 0 Å². The van der Waals surface area contributed by atoms with Crippen LogP contribution in [0.25, 0.3) is 22.5 Å². The van der Waals surface area contributed by atoms with Crippen molar-refractivity contribution in [2.24, 2.45) is 0 Å². The summed E-state index contributed by atoms with van der Waals surface area (Å²) in [6, 6.07) is 22.6. The van der Waals surface area contributed by atoms with Crippen LogP contribution >= 0.6 is 23.2 Å². The van der Waals surface area contributed by atoms with E-state index in [1.54, 1.807) is 24.3 Å². The second-order valence-corrected chi connectivity index (χ2v) is 8.28. The molecule has 1 N–H and O–H groups in total. The average Bonchev–Trinajstić information content (AvgIpc) is 3.36. The Morgan fingerprint density at radius 3 is 2.47 bits per heavy atom. The highest BCUT2D eigenvalue weighted by atomic mass is 35.5. The normalized spacial score (nSPS) is 15.1. The molecular weight excluding hydrogens is 445 g/mol. The van der Waals surface area contributed by atoms with Gasteiger partial charge in [-0.3, -0.25) is 9.69 Å². The quantitative estimate of drug-likeness (QED) is 0.298. The van der Waals surface area contributed by atoms with Crippen molar-refractivity contribution in [2.45, 2.75) is 6.54 Å². The van der Waals surface area contributed by atoms with Gasteiger partial charge in [0, 0.05) is 17.6 Å². The molecule has 0 unspecified atom stereocenters. The lowest BCUT2D eigenvalue weighted by molar-refractivity contribution is -0.123. The first-order valence-electron chi connectivity index (χ1n) is 9.94. The van der Waals surface area contributed by atoms with Crippen LogP contribution in [0.15, 0.2) is 84.7 Å². The predicted octanol–water partition coefficient (Wildman–Crippen LogP) is 6.03. The zero-order valence-electron chi connectivity index (χ0n) is 16.8. The van der Waals surface area contributed by atoms with Crippen molar-refractivity contribution in [3.8, 4) is 5.69 Å². The highest BCUT2D eigenvalue weighted by molar-refractivity contribution is 6.42. The van der Waals surface area contributed by atoms with Crippen molar-refractivity contribution < 1.29 is 9.59 Å². The van der Waals surface area contributed by atoms with Gasteiger partial charge in [0.25, 0.3) is 5.91 Å². The van der Waals surface area contributed by atoms with Gasteiger partial charge in [0.1, 0.15) is 5.70 Å². The molecule has 3 aromatic carbocycles. The zero-order valence-corrected chi connectivity index (χ0v) is 18.3. The molecule has 2 heterocycles. The van der Waals surface area contributed by atoms with E-state index in [-0.39, 0.29) is 12.2 Å². The van der Waals surface area contributed by atoms with Gasteiger partial charge in [0.15, 0.2) is 0 Å². The SMILES string of the molecule is O=C1N/C(=C\c2cccn2-c2ccc3ccccc3c2)C(=O)N1Cc1ccc(Cl)c(Cl)c1. The molecule has 5 nitrogen and oxygen atoms in total. The third-order valence-corrected chi connectivity index (χ3v) is 6.11. The number of halogens is 2. The van der Waals surface area contributed by atoms with Crippen LogP contribution in [0.5, 0.6) is 0 Å². The fourth-order valence-electron chi connectivity index (χ4n) is 3.76. The molecule has 0 saturated carbocycles. The molecule has 5 rings (SSSR count). The maximum atomic E-state index is 12.9. The van der Waals surface area contributed by atoms with E-state index in [4.69, 9.17) is 23.2 Å². The number of carbonyl (C=O) groups is 2. The molecule has 3 amide bonds. The summed E-state index contributed by atoms with van der Waals surface area (Å²) in [7, 11) is 0. The van der Waals surface area contributed by atoms with Crippen molar-refractivity contribution in [1.29, 1.82) is 0 Å². The Kier molecular flexibility index (Phi) is 5.21. The third kappa shape index (κ3) is 3.77. The minimum atomic E-state index is -0.476. The smallest absolute Gasteiger partial charge is 0.317 e. The fourth-order valence-corrected chi connectivity index (χ4v) is 4.08. The number of imide groups is 1. The Hall–Kier alpha value is -3.54. The van der Waals surface area contributed by atoms with E-state index in [1.807, 2.05) is 41.1 Å². The fraction of sp³-hybridized carbons (Fsp3) is 0.0400. The number of nitrogens with one attached hydrogen (secondary N) is 1. The lowest BCUT2D eigenvalue weighted by Crippen LogP contribution is -2.30. The van der Waals surface area contributed by atoms with Gasteiger partial charge in [-0.25, -0.2) is 4.79 Å². The van der Waals surface area contributed by atoms with Crippen LogP contribution in [0, 0.1) is 0 Å². The first-order chi connectivity index (χ1) is 15.5. The monoisotopic (exact) mass is 461 g/mol. The summed E-state index contributed by atoms with van der Waals surface area (Å²) < 4.78 is 1.97. The van der Waals surface area contributed by atoms with Gasteiger partial charge in [-0.15, -0.1) is 0 Å². The predicted molar refractivity (Wildman–Crippen MR) is 127 cm³/mol. The molecule has 1 fully saturated rings. The van der Waals surface area contributed by atoms with Gasteiger partial charge < -0.3 is 9.88 Å². The summed E-state index contributed by atoms with van der Waals surface area (Å²) in [5, 5.41) is 5.74. The molecule has 4 aromatic rings. The molecule has 1 aromatic heterocycles. The van der Waals surface area contributed by atoms with E-state index >= 15 is 0 Å². The number of carbonyl (C=O) groups excluding carboxylic acids is 2. The third-order valence-electron chi connectivity index (χ3n) is 5.37. The van der Waals surface area contributed by atoms with Gasteiger partial charge in [-0.1, -0.05) is 59.6 Å². The molecule has 0 radical (unpaired) electrons. The van der Waals surface area contributed by atoms with Crippen LogP contribution in [-0.4, -0.2) is 21.4 Å². The lowest BCUT2D eigenvalue weighted by Gasteiger charge is -2.12. The molecule has 1 aliphatic heterocycles. The first-order valence-corrected chi connectivity index (χ1v) is 10.7. The van der Waals surface area contributed by atoms with Crippen LogP contribution in [0.2, 0.25) is 10.0 Å². The number of urea groups is 1.